The van der Waals surface area contributed by atoms with Gasteiger partial charge in [0.05, 0.1) is 19.8 Å². The first kappa shape index (κ1) is 16.4. The molecule has 0 aromatic carbocycles. The van der Waals surface area contributed by atoms with E-state index in [1.165, 1.54) is 0 Å². The quantitative estimate of drug-likeness (QED) is 0.368. The highest BCUT2D eigenvalue weighted by atomic mass is 32.2. The van der Waals surface area contributed by atoms with Crippen LogP contribution in [0, 0.1) is 12.3 Å². The number of sulfonamides is 1. The lowest BCUT2D eigenvalue weighted by Gasteiger charge is -2.06. The van der Waals surface area contributed by atoms with E-state index in [0.717, 1.165) is 0 Å². The number of aliphatic hydroxyl groups is 1. The van der Waals surface area contributed by atoms with Gasteiger partial charge in [0, 0.05) is 19.8 Å². The Balaban J connectivity index is 3.27. The highest BCUT2D eigenvalue weighted by molar-refractivity contribution is 7.89. The Morgan fingerprint density at radius 2 is 1.82 bits per heavy atom. The number of hydrogen-bond acceptors (Lipinski definition) is 5. The van der Waals surface area contributed by atoms with Crippen molar-refractivity contribution in [2.45, 2.75) is 6.42 Å². The summed E-state index contributed by atoms with van der Waals surface area (Å²) in [5, 5.41) is 8.42. The predicted molar refractivity (Wildman–Crippen MR) is 64.0 cm³/mol. The van der Waals surface area contributed by atoms with Crippen molar-refractivity contribution < 1.29 is 23.0 Å². The van der Waals surface area contributed by atoms with Crippen molar-refractivity contribution in [3.05, 3.63) is 0 Å². The Kier molecular flexibility index (Phi) is 10.1. The van der Waals surface area contributed by atoms with E-state index in [4.69, 9.17) is 21.0 Å². The average molecular weight is 265 g/mol. The van der Waals surface area contributed by atoms with Crippen molar-refractivity contribution >= 4 is 10.0 Å². The second kappa shape index (κ2) is 10.5. The summed E-state index contributed by atoms with van der Waals surface area (Å²) in [6, 6.07) is 0. The first-order chi connectivity index (χ1) is 8.12. The van der Waals surface area contributed by atoms with E-state index in [2.05, 4.69) is 10.6 Å². The first-order valence-electron chi connectivity index (χ1n) is 5.29. The van der Waals surface area contributed by atoms with Crippen molar-refractivity contribution in [1.82, 2.24) is 4.72 Å². The fourth-order valence-electron chi connectivity index (χ4n) is 0.962. The summed E-state index contributed by atoms with van der Waals surface area (Å²) in [5.74, 6) is 1.74. The van der Waals surface area contributed by atoms with Gasteiger partial charge in [-0.25, -0.2) is 13.1 Å². The molecular weight excluding hydrogens is 246 g/mol. The highest BCUT2D eigenvalue weighted by Crippen LogP contribution is 1.86. The van der Waals surface area contributed by atoms with Gasteiger partial charge < -0.3 is 14.6 Å². The SMILES string of the molecule is C#CCS(=O)(=O)NCCOCCCOCCO. The average Bonchev–Trinajstić information content (AvgIpc) is 2.27. The second-order valence-electron chi connectivity index (χ2n) is 3.16. The zero-order valence-corrected chi connectivity index (χ0v) is 10.5. The minimum Gasteiger partial charge on any atom is -0.394 e. The molecule has 100 valence electrons. The monoisotopic (exact) mass is 265 g/mol. The molecule has 0 aromatic heterocycles. The maximum absolute atomic E-state index is 11.1. The normalized spacial score (nSPS) is 11.3. The Hall–Kier alpha value is -0.650. The molecule has 0 amide bonds. The van der Waals surface area contributed by atoms with Crippen LogP contribution in [0.25, 0.3) is 0 Å². The van der Waals surface area contributed by atoms with Crippen LogP contribution in [-0.4, -0.2) is 58.9 Å². The first-order valence-corrected chi connectivity index (χ1v) is 6.95. The van der Waals surface area contributed by atoms with Crippen LogP contribution in [0.4, 0.5) is 0 Å². The van der Waals surface area contributed by atoms with Crippen LogP contribution in [0.5, 0.6) is 0 Å². The zero-order valence-electron chi connectivity index (χ0n) is 9.72. The molecule has 0 radical (unpaired) electrons. The third-order valence-electron chi connectivity index (χ3n) is 1.65. The maximum Gasteiger partial charge on any atom is 0.222 e. The number of nitrogens with one attached hydrogen (secondary N) is 1. The minimum absolute atomic E-state index is 0.0117. The molecule has 0 aliphatic rings. The van der Waals surface area contributed by atoms with Crippen LogP contribution in [0.1, 0.15) is 6.42 Å². The van der Waals surface area contributed by atoms with Gasteiger partial charge in [0.25, 0.3) is 0 Å². The smallest absolute Gasteiger partial charge is 0.222 e. The summed E-state index contributed by atoms with van der Waals surface area (Å²) >= 11 is 0. The van der Waals surface area contributed by atoms with Crippen molar-refractivity contribution in [2.24, 2.45) is 0 Å². The molecule has 0 rings (SSSR count). The molecule has 0 aliphatic carbocycles. The van der Waals surface area contributed by atoms with Crippen LogP contribution in [0.3, 0.4) is 0 Å². The van der Waals surface area contributed by atoms with Crippen LogP contribution in [0.15, 0.2) is 0 Å². The molecule has 0 spiro atoms. The number of rotatable bonds is 11. The Bertz CT molecular complexity index is 309. The molecule has 7 heteroatoms. The van der Waals surface area contributed by atoms with Gasteiger partial charge in [0.2, 0.25) is 10.0 Å². The third kappa shape index (κ3) is 11.6. The summed E-state index contributed by atoms with van der Waals surface area (Å²) in [6.45, 7) is 1.85. The fraction of sp³-hybridized carbons (Fsp3) is 0.800. The molecule has 0 bridgehead atoms. The van der Waals surface area contributed by atoms with Gasteiger partial charge >= 0.3 is 0 Å². The molecular formula is C10H19NO5S. The minimum atomic E-state index is -3.35. The van der Waals surface area contributed by atoms with Crippen LogP contribution in [0.2, 0.25) is 0 Å². The van der Waals surface area contributed by atoms with Gasteiger partial charge in [-0.1, -0.05) is 5.92 Å². The molecule has 17 heavy (non-hydrogen) atoms. The van der Waals surface area contributed by atoms with Crippen molar-refractivity contribution in [2.75, 3.05) is 45.3 Å². The van der Waals surface area contributed by atoms with Crippen LogP contribution in [-0.2, 0) is 19.5 Å². The number of hydrogen-bond donors (Lipinski definition) is 2. The summed E-state index contributed by atoms with van der Waals surface area (Å²) in [5.41, 5.74) is 0. The molecule has 0 atom stereocenters. The molecule has 0 saturated carbocycles. The van der Waals surface area contributed by atoms with Gasteiger partial charge in [0.1, 0.15) is 5.75 Å². The molecule has 0 fully saturated rings. The summed E-state index contributed by atoms with van der Waals surface area (Å²) < 4.78 is 34.7. The van der Waals surface area contributed by atoms with Gasteiger partial charge in [0.15, 0.2) is 0 Å². The van der Waals surface area contributed by atoms with Gasteiger partial charge in [-0.05, 0) is 6.42 Å². The van der Waals surface area contributed by atoms with Gasteiger partial charge in [-0.2, -0.15) is 0 Å². The van der Waals surface area contributed by atoms with Crippen molar-refractivity contribution in [1.29, 1.82) is 0 Å². The molecule has 2 N–H and O–H groups in total. The fourth-order valence-corrected chi connectivity index (χ4v) is 1.68. The van der Waals surface area contributed by atoms with E-state index in [1.807, 2.05) is 0 Å². The predicted octanol–water partition coefficient (Wildman–Crippen LogP) is -1.05. The summed E-state index contributed by atoms with van der Waals surface area (Å²) in [6.07, 6.45) is 5.60. The lowest BCUT2D eigenvalue weighted by molar-refractivity contribution is 0.0652. The molecule has 0 unspecified atom stereocenters. The molecule has 6 nitrogen and oxygen atoms in total. The highest BCUT2D eigenvalue weighted by Gasteiger charge is 2.05. The van der Waals surface area contributed by atoms with Gasteiger partial charge in [-0.3, -0.25) is 0 Å². The Morgan fingerprint density at radius 3 is 2.41 bits per heavy atom. The zero-order chi connectivity index (χ0) is 13.0. The molecule has 0 aliphatic heterocycles. The van der Waals surface area contributed by atoms with E-state index >= 15 is 0 Å². The van der Waals surface area contributed by atoms with E-state index in [-0.39, 0.29) is 18.9 Å². The van der Waals surface area contributed by atoms with Gasteiger partial charge in [-0.15, -0.1) is 6.42 Å². The number of aliphatic hydroxyl groups excluding tert-OH is 1. The number of ether oxygens (including phenoxy) is 2. The number of terminal acetylenes is 1. The third-order valence-corrected chi connectivity index (χ3v) is 2.85. The van der Waals surface area contributed by atoms with E-state index in [9.17, 15) is 8.42 Å². The van der Waals surface area contributed by atoms with Crippen LogP contribution >= 0.6 is 0 Å². The summed E-state index contributed by atoms with van der Waals surface area (Å²) in [4.78, 5) is 0. The molecule has 0 heterocycles. The lowest BCUT2D eigenvalue weighted by Crippen LogP contribution is -2.29. The summed E-state index contributed by atoms with van der Waals surface area (Å²) in [7, 11) is -3.35. The lowest BCUT2D eigenvalue weighted by atomic mass is 10.5. The standard InChI is InChI=1S/C10H19NO5S/c1-2-10-17(13,14)11-4-8-15-6-3-7-16-9-5-12/h1,11-12H,3-10H2. The second-order valence-corrected chi connectivity index (χ2v) is 4.97. The van der Waals surface area contributed by atoms with E-state index < -0.39 is 10.0 Å². The Morgan fingerprint density at radius 1 is 1.18 bits per heavy atom. The van der Waals surface area contributed by atoms with E-state index in [0.29, 0.717) is 32.8 Å². The molecule has 0 saturated heterocycles. The Labute approximate surface area is 102 Å². The largest absolute Gasteiger partial charge is 0.394 e. The van der Waals surface area contributed by atoms with Crippen LogP contribution < -0.4 is 4.72 Å². The van der Waals surface area contributed by atoms with Crippen molar-refractivity contribution in [3.63, 3.8) is 0 Å². The maximum atomic E-state index is 11.1. The van der Waals surface area contributed by atoms with E-state index in [1.54, 1.807) is 0 Å². The topological polar surface area (TPSA) is 84.9 Å². The molecule has 0 aromatic rings. The van der Waals surface area contributed by atoms with Crippen molar-refractivity contribution in [3.8, 4) is 12.3 Å².